The van der Waals surface area contributed by atoms with Crippen molar-refractivity contribution in [3.63, 3.8) is 0 Å². The lowest BCUT2D eigenvalue weighted by molar-refractivity contribution is 0.465. The molecule has 102 valence electrons. The Morgan fingerprint density at radius 3 is 2.05 bits per heavy atom. The predicted octanol–water partition coefficient (Wildman–Crippen LogP) is 3.76. The van der Waals surface area contributed by atoms with E-state index in [1.165, 1.54) is 10.8 Å². The summed E-state index contributed by atoms with van der Waals surface area (Å²) in [7, 11) is 0. The van der Waals surface area contributed by atoms with Gasteiger partial charge in [-0.15, -0.1) is 17.0 Å². The lowest BCUT2D eigenvalue weighted by atomic mass is 10.1. The van der Waals surface area contributed by atoms with Crippen molar-refractivity contribution in [1.29, 1.82) is 0 Å². The van der Waals surface area contributed by atoms with Crippen molar-refractivity contribution in [3.8, 4) is 5.75 Å². The third-order valence-electron chi connectivity index (χ3n) is 2.87. The maximum atomic E-state index is 8.69. The molecule has 0 heterocycles. The number of phenolic OH excluding ortho intramolecular Hbond substituents is 1. The maximum Gasteiger partial charge on any atom is 0.124 e. The topological polar surface area (TPSA) is 32.3 Å². The van der Waals surface area contributed by atoms with Crippen LogP contribution in [0, 0.1) is 10.4 Å². The fourth-order valence-corrected chi connectivity index (χ4v) is 1.69. The molecule has 3 rings (SSSR count). The summed E-state index contributed by atoms with van der Waals surface area (Å²) in [5.74, 6) is 0.442. The van der Waals surface area contributed by atoms with E-state index in [0.717, 1.165) is 11.8 Å². The van der Waals surface area contributed by atoms with Crippen LogP contribution < -0.4 is 5.32 Å². The molecule has 2 aliphatic rings. The molecule has 0 saturated carbocycles. The lowest BCUT2D eigenvalue weighted by Crippen LogP contribution is -2.21. The zero-order valence-corrected chi connectivity index (χ0v) is 13.0. The minimum Gasteiger partial charge on any atom is -0.507 e. The van der Waals surface area contributed by atoms with Crippen molar-refractivity contribution < 1.29 is 5.11 Å². The average Bonchev–Trinajstić information content (AvgIpc) is 2.35. The number of phenols is 1. The van der Waals surface area contributed by atoms with Crippen LogP contribution >= 0.6 is 17.0 Å². The molecular formula is C16H20BrNO. The van der Waals surface area contributed by atoms with E-state index in [9.17, 15) is 0 Å². The molecule has 0 fully saturated rings. The van der Waals surface area contributed by atoms with Gasteiger partial charge in [-0.3, -0.25) is 0 Å². The predicted molar refractivity (Wildman–Crippen MR) is 84.5 cm³/mol. The summed E-state index contributed by atoms with van der Waals surface area (Å²) in [4.78, 5) is 0. The first-order valence-electron chi connectivity index (χ1n) is 6.27. The third kappa shape index (κ3) is 4.37. The van der Waals surface area contributed by atoms with Crippen molar-refractivity contribution in [2.45, 2.75) is 26.4 Å². The van der Waals surface area contributed by atoms with E-state index < -0.39 is 0 Å². The van der Waals surface area contributed by atoms with Crippen LogP contribution in [0.4, 0.5) is 0 Å². The van der Waals surface area contributed by atoms with Gasteiger partial charge in [-0.1, -0.05) is 56.3 Å². The van der Waals surface area contributed by atoms with Crippen LogP contribution in [-0.4, -0.2) is 11.1 Å². The molecule has 2 aliphatic carbocycles. The van der Waals surface area contributed by atoms with Gasteiger partial charge >= 0.3 is 0 Å². The smallest absolute Gasteiger partial charge is 0.124 e. The Balaban J connectivity index is 0.000000194. The van der Waals surface area contributed by atoms with Crippen LogP contribution in [0.3, 0.4) is 0 Å². The summed E-state index contributed by atoms with van der Waals surface area (Å²) in [5.41, 5.74) is 1.35. The Labute approximate surface area is 124 Å². The molecule has 0 aromatic heterocycles. The third-order valence-corrected chi connectivity index (χ3v) is 2.87. The summed E-state index contributed by atoms with van der Waals surface area (Å²) < 4.78 is 0. The van der Waals surface area contributed by atoms with E-state index in [1.54, 1.807) is 6.07 Å². The molecule has 2 N–H and O–H groups in total. The normalized spacial score (nSPS) is 10.3. The van der Waals surface area contributed by atoms with Gasteiger partial charge in [-0.25, -0.2) is 0 Å². The Bertz CT molecular complexity index is 596. The van der Waals surface area contributed by atoms with Gasteiger partial charge < -0.3 is 10.4 Å². The highest BCUT2D eigenvalue weighted by Crippen LogP contribution is 2.21. The van der Waals surface area contributed by atoms with Crippen molar-refractivity contribution in [3.05, 3.63) is 64.5 Å². The zero-order valence-electron chi connectivity index (χ0n) is 11.3. The van der Waals surface area contributed by atoms with Crippen molar-refractivity contribution in [2.75, 3.05) is 0 Å². The first-order valence-corrected chi connectivity index (χ1v) is 6.27. The molecule has 0 saturated heterocycles. The quantitative estimate of drug-likeness (QED) is 0.770. The van der Waals surface area contributed by atoms with Crippen molar-refractivity contribution >= 4 is 17.0 Å². The summed E-state index contributed by atoms with van der Waals surface area (Å²) in [6, 6.07) is 16.7. The second kappa shape index (κ2) is 7.31. The van der Waals surface area contributed by atoms with E-state index in [-0.39, 0.29) is 17.0 Å². The first-order chi connectivity index (χ1) is 8.66. The van der Waals surface area contributed by atoms with Gasteiger partial charge in [-0.2, -0.15) is 0 Å². The van der Waals surface area contributed by atoms with Gasteiger partial charge in [0.1, 0.15) is 5.75 Å². The Kier molecular flexibility index (Phi) is 6.06. The largest absolute Gasteiger partial charge is 0.507 e. The van der Waals surface area contributed by atoms with Crippen LogP contribution in [-0.2, 0) is 6.54 Å². The number of nitrogens with one attached hydrogen (secondary N) is 1. The van der Waals surface area contributed by atoms with E-state index in [4.69, 9.17) is 5.11 Å². The van der Waals surface area contributed by atoms with Crippen LogP contribution in [0.5, 0.6) is 5.75 Å². The number of benzene rings is 2. The monoisotopic (exact) mass is 321 g/mol. The molecule has 0 spiro atoms. The summed E-state index contributed by atoms with van der Waals surface area (Å²) in [5, 5.41) is 14.3. The van der Waals surface area contributed by atoms with Gasteiger partial charge in [-0.05, 0) is 16.8 Å². The second-order valence-electron chi connectivity index (χ2n) is 4.75. The maximum absolute atomic E-state index is 8.69. The van der Waals surface area contributed by atoms with E-state index in [2.05, 4.69) is 43.4 Å². The Morgan fingerprint density at radius 2 is 1.74 bits per heavy atom. The van der Waals surface area contributed by atoms with Gasteiger partial charge in [0.2, 0.25) is 0 Å². The molecule has 1 aromatic rings. The molecule has 0 amide bonds. The van der Waals surface area contributed by atoms with Crippen LogP contribution in [0.15, 0.2) is 48.5 Å². The average molecular weight is 322 g/mol. The zero-order chi connectivity index (χ0) is 13.0. The van der Waals surface area contributed by atoms with Crippen LogP contribution in [0.25, 0.3) is 0 Å². The van der Waals surface area contributed by atoms with Crippen LogP contribution in [0.2, 0.25) is 0 Å². The summed E-state index contributed by atoms with van der Waals surface area (Å²) in [6.07, 6.45) is 0. The van der Waals surface area contributed by atoms with Gasteiger partial charge in [0.05, 0.1) is 0 Å². The molecule has 2 nitrogen and oxygen atoms in total. The lowest BCUT2D eigenvalue weighted by Gasteiger charge is -2.06. The molecule has 19 heavy (non-hydrogen) atoms. The molecular weight excluding hydrogens is 302 g/mol. The molecule has 0 atom stereocenters. The first kappa shape index (κ1) is 15.7. The van der Waals surface area contributed by atoms with E-state index in [0.29, 0.717) is 11.8 Å². The Morgan fingerprint density at radius 1 is 1.05 bits per heavy atom. The van der Waals surface area contributed by atoms with Crippen molar-refractivity contribution in [1.82, 2.24) is 5.32 Å². The molecule has 1 aromatic carbocycles. The number of aromatic hydroxyl groups is 1. The number of halogens is 1. The fraction of sp³-hybridized carbons (Fsp3) is 0.250. The van der Waals surface area contributed by atoms with E-state index in [1.807, 2.05) is 18.2 Å². The highest BCUT2D eigenvalue weighted by Gasteiger charge is 2.00. The highest BCUT2D eigenvalue weighted by molar-refractivity contribution is 8.93. The standard InChI is InChI=1S/C10H15N.C6H4O.BrH/c1-9(2)11-8-10-6-4-3-5-7-10;7-6-3-4-1-2-5(4)6;/h3-7,9,11H,8H2,1-2H3;1-3,7H;1H. The molecule has 3 heteroatoms. The second-order valence-corrected chi connectivity index (χ2v) is 4.75. The molecule has 0 unspecified atom stereocenters. The summed E-state index contributed by atoms with van der Waals surface area (Å²) >= 11 is 0. The SMILES string of the molecule is Br.CC(C)NCc1ccccc1.Oc1cc2ccc1=2. The van der Waals surface area contributed by atoms with Crippen molar-refractivity contribution in [2.24, 2.45) is 0 Å². The molecule has 0 aliphatic heterocycles. The highest BCUT2D eigenvalue weighted by atomic mass is 79.9. The van der Waals surface area contributed by atoms with Gasteiger partial charge in [0.25, 0.3) is 0 Å². The van der Waals surface area contributed by atoms with E-state index >= 15 is 0 Å². The number of hydrogen-bond donors (Lipinski definition) is 2. The number of hydrogen-bond acceptors (Lipinski definition) is 2. The summed E-state index contributed by atoms with van der Waals surface area (Å²) in [6.45, 7) is 5.28. The Hall–Kier alpha value is -1.32. The minimum absolute atomic E-state index is 0. The fourth-order valence-electron chi connectivity index (χ4n) is 1.69. The van der Waals surface area contributed by atoms with Gasteiger partial charge in [0, 0.05) is 17.8 Å². The molecule has 0 bridgehead atoms. The molecule has 0 radical (unpaired) electrons. The number of rotatable bonds is 3. The van der Waals surface area contributed by atoms with Gasteiger partial charge in [0.15, 0.2) is 0 Å². The minimum atomic E-state index is 0. The van der Waals surface area contributed by atoms with Crippen LogP contribution in [0.1, 0.15) is 19.4 Å².